The van der Waals surface area contributed by atoms with Crippen LogP contribution >= 0.6 is 11.8 Å². The standard InChI is InChI=1S/C15H23N3O2S/c1-3-4-5-12(14(19)20-2)21-15-17-16-13(10-6-7-10)18(15)11-8-9-11/h10-12H,3-9H2,1-2H3/t12-/m1/s1. The van der Waals surface area contributed by atoms with Gasteiger partial charge in [0.25, 0.3) is 0 Å². The van der Waals surface area contributed by atoms with E-state index in [2.05, 4.69) is 21.7 Å². The molecule has 0 radical (unpaired) electrons. The van der Waals surface area contributed by atoms with Gasteiger partial charge in [-0.25, -0.2) is 0 Å². The number of nitrogens with zero attached hydrogens (tertiary/aromatic N) is 3. The molecule has 1 atom stereocenters. The summed E-state index contributed by atoms with van der Waals surface area (Å²) in [7, 11) is 1.46. The zero-order chi connectivity index (χ0) is 14.8. The Kier molecular flexibility index (Phi) is 4.52. The van der Waals surface area contributed by atoms with Gasteiger partial charge in [-0.1, -0.05) is 31.5 Å². The number of aromatic nitrogens is 3. The van der Waals surface area contributed by atoms with E-state index in [0.29, 0.717) is 12.0 Å². The topological polar surface area (TPSA) is 57.0 Å². The highest BCUT2D eigenvalue weighted by molar-refractivity contribution is 8.00. The van der Waals surface area contributed by atoms with Gasteiger partial charge in [-0.2, -0.15) is 0 Å². The van der Waals surface area contributed by atoms with Crippen molar-refractivity contribution >= 4 is 17.7 Å². The molecule has 2 saturated carbocycles. The number of carbonyl (C=O) groups is 1. The van der Waals surface area contributed by atoms with Crippen molar-refractivity contribution < 1.29 is 9.53 Å². The highest BCUT2D eigenvalue weighted by Gasteiger charge is 2.37. The second-order valence-corrected chi connectivity index (χ2v) is 7.16. The van der Waals surface area contributed by atoms with Crippen LogP contribution in [0.4, 0.5) is 0 Å². The van der Waals surface area contributed by atoms with E-state index in [9.17, 15) is 4.79 Å². The minimum atomic E-state index is -0.163. The Hall–Kier alpha value is -1.04. The Bertz CT molecular complexity index is 509. The lowest BCUT2D eigenvalue weighted by atomic mass is 10.2. The molecule has 0 aliphatic heterocycles. The van der Waals surface area contributed by atoms with E-state index in [1.807, 2.05) is 0 Å². The summed E-state index contributed by atoms with van der Waals surface area (Å²) in [4.78, 5) is 12.0. The number of hydrogen-bond acceptors (Lipinski definition) is 5. The van der Waals surface area contributed by atoms with Gasteiger partial charge >= 0.3 is 5.97 Å². The number of carbonyl (C=O) groups excluding carboxylic acids is 1. The Morgan fingerprint density at radius 3 is 2.71 bits per heavy atom. The second kappa shape index (κ2) is 6.38. The molecule has 0 saturated heterocycles. The van der Waals surface area contributed by atoms with Crippen molar-refractivity contribution in [1.82, 2.24) is 14.8 Å². The number of ether oxygens (including phenoxy) is 1. The number of hydrogen-bond donors (Lipinski definition) is 0. The number of unbranched alkanes of at least 4 members (excludes halogenated alkanes) is 1. The van der Waals surface area contributed by atoms with E-state index in [1.54, 1.807) is 0 Å². The number of methoxy groups -OCH3 is 1. The second-order valence-electron chi connectivity index (χ2n) is 5.99. The minimum absolute atomic E-state index is 0.147. The number of esters is 1. The Labute approximate surface area is 129 Å². The van der Waals surface area contributed by atoms with Crippen LogP contribution in [0.5, 0.6) is 0 Å². The van der Waals surface area contributed by atoms with Crippen molar-refractivity contribution in [3.63, 3.8) is 0 Å². The molecule has 0 bridgehead atoms. The van der Waals surface area contributed by atoms with Crippen LogP contribution in [0.25, 0.3) is 0 Å². The van der Waals surface area contributed by atoms with Crippen LogP contribution in [-0.4, -0.2) is 33.1 Å². The van der Waals surface area contributed by atoms with Crippen LogP contribution in [0.2, 0.25) is 0 Å². The minimum Gasteiger partial charge on any atom is -0.468 e. The molecule has 1 aromatic rings. The van der Waals surface area contributed by atoms with Gasteiger partial charge in [0.1, 0.15) is 11.1 Å². The summed E-state index contributed by atoms with van der Waals surface area (Å²) >= 11 is 1.54. The molecule has 0 unspecified atom stereocenters. The maximum Gasteiger partial charge on any atom is 0.319 e. The van der Waals surface area contributed by atoms with Gasteiger partial charge in [-0.05, 0) is 32.1 Å². The van der Waals surface area contributed by atoms with Crippen LogP contribution < -0.4 is 0 Å². The molecular formula is C15H23N3O2S. The molecule has 1 heterocycles. The molecule has 0 aromatic carbocycles. The average molecular weight is 309 g/mol. The summed E-state index contributed by atoms with van der Waals surface area (Å²) in [6.45, 7) is 2.14. The van der Waals surface area contributed by atoms with E-state index < -0.39 is 0 Å². The summed E-state index contributed by atoms with van der Waals surface area (Å²) < 4.78 is 7.24. The summed E-state index contributed by atoms with van der Waals surface area (Å²) in [5.74, 6) is 1.59. The van der Waals surface area contributed by atoms with Crippen molar-refractivity contribution in [3.05, 3.63) is 5.82 Å². The van der Waals surface area contributed by atoms with Gasteiger partial charge in [0, 0.05) is 12.0 Å². The molecule has 21 heavy (non-hydrogen) atoms. The Morgan fingerprint density at radius 2 is 2.14 bits per heavy atom. The molecule has 0 N–H and O–H groups in total. The number of thioether (sulfide) groups is 1. The molecule has 0 spiro atoms. The maximum atomic E-state index is 12.0. The van der Waals surface area contributed by atoms with Crippen LogP contribution in [0, 0.1) is 0 Å². The van der Waals surface area contributed by atoms with Crippen molar-refractivity contribution in [2.45, 2.75) is 74.2 Å². The van der Waals surface area contributed by atoms with Gasteiger partial charge in [0.15, 0.2) is 5.16 Å². The lowest BCUT2D eigenvalue weighted by molar-refractivity contribution is -0.140. The molecule has 116 valence electrons. The first-order valence-corrected chi connectivity index (χ1v) is 8.81. The zero-order valence-electron chi connectivity index (χ0n) is 12.7. The normalized spacial score (nSPS) is 19.5. The van der Waals surface area contributed by atoms with Gasteiger partial charge in [-0.15, -0.1) is 10.2 Å². The van der Waals surface area contributed by atoms with Gasteiger partial charge in [0.05, 0.1) is 7.11 Å². The van der Waals surface area contributed by atoms with E-state index in [1.165, 1.54) is 44.6 Å². The van der Waals surface area contributed by atoms with Gasteiger partial charge in [0.2, 0.25) is 0 Å². The first-order chi connectivity index (χ1) is 10.2. The summed E-state index contributed by atoms with van der Waals surface area (Å²) in [5, 5.41) is 9.51. The third-order valence-corrected chi connectivity index (χ3v) is 5.28. The highest BCUT2D eigenvalue weighted by Crippen LogP contribution is 2.46. The molecule has 2 fully saturated rings. The fraction of sp³-hybridized carbons (Fsp3) is 0.800. The fourth-order valence-electron chi connectivity index (χ4n) is 2.54. The molecule has 6 heteroatoms. The molecular weight excluding hydrogens is 286 g/mol. The molecule has 2 aliphatic carbocycles. The molecule has 0 amide bonds. The molecule has 3 rings (SSSR count). The van der Waals surface area contributed by atoms with Crippen molar-refractivity contribution in [3.8, 4) is 0 Å². The Morgan fingerprint density at radius 1 is 1.38 bits per heavy atom. The van der Waals surface area contributed by atoms with E-state index in [-0.39, 0.29) is 11.2 Å². The van der Waals surface area contributed by atoms with Crippen LogP contribution in [0.15, 0.2) is 5.16 Å². The summed E-state index contributed by atoms with van der Waals surface area (Å²) in [6.07, 6.45) is 7.82. The van der Waals surface area contributed by atoms with Crippen molar-refractivity contribution in [2.75, 3.05) is 7.11 Å². The van der Waals surface area contributed by atoms with Crippen molar-refractivity contribution in [2.24, 2.45) is 0 Å². The Balaban J connectivity index is 1.76. The zero-order valence-corrected chi connectivity index (χ0v) is 13.6. The van der Waals surface area contributed by atoms with Crippen LogP contribution in [-0.2, 0) is 9.53 Å². The fourth-order valence-corrected chi connectivity index (χ4v) is 3.71. The molecule has 1 aromatic heterocycles. The van der Waals surface area contributed by atoms with E-state index in [4.69, 9.17) is 4.74 Å². The average Bonchev–Trinajstić information content (AvgIpc) is 3.41. The first kappa shape index (κ1) is 14.9. The third-order valence-electron chi connectivity index (χ3n) is 4.08. The monoisotopic (exact) mass is 309 g/mol. The van der Waals surface area contributed by atoms with E-state index in [0.717, 1.165) is 30.2 Å². The lowest BCUT2D eigenvalue weighted by Gasteiger charge is -2.14. The van der Waals surface area contributed by atoms with Crippen molar-refractivity contribution in [1.29, 1.82) is 0 Å². The lowest BCUT2D eigenvalue weighted by Crippen LogP contribution is -2.19. The van der Waals surface area contributed by atoms with Crippen LogP contribution in [0.1, 0.15) is 69.7 Å². The number of rotatable bonds is 8. The smallest absolute Gasteiger partial charge is 0.319 e. The molecule has 5 nitrogen and oxygen atoms in total. The van der Waals surface area contributed by atoms with Gasteiger partial charge in [-0.3, -0.25) is 4.79 Å². The molecule has 2 aliphatic rings. The predicted molar refractivity (Wildman–Crippen MR) is 81.5 cm³/mol. The highest BCUT2D eigenvalue weighted by atomic mass is 32.2. The summed E-state index contributed by atoms with van der Waals surface area (Å²) in [5.41, 5.74) is 0. The quantitative estimate of drug-likeness (QED) is 0.544. The third kappa shape index (κ3) is 3.42. The van der Waals surface area contributed by atoms with E-state index >= 15 is 0 Å². The van der Waals surface area contributed by atoms with Crippen LogP contribution in [0.3, 0.4) is 0 Å². The summed E-state index contributed by atoms with van der Waals surface area (Å²) in [6, 6.07) is 0.558. The van der Waals surface area contributed by atoms with Gasteiger partial charge < -0.3 is 9.30 Å². The maximum absolute atomic E-state index is 12.0. The first-order valence-electron chi connectivity index (χ1n) is 7.93. The predicted octanol–water partition coefficient (Wildman–Crippen LogP) is 3.31. The SMILES string of the molecule is CCCC[C@@H](Sc1nnc(C2CC2)n1C1CC1)C(=O)OC. The largest absolute Gasteiger partial charge is 0.468 e.